The molecule has 1 aromatic heterocycles. The van der Waals surface area contributed by atoms with Crippen LogP contribution in [0, 0.1) is 0 Å². The highest BCUT2D eigenvalue weighted by molar-refractivity contribution is 7.15. The van der Waals surface area contributed by atoms with Crippen molar-refractivity contribution >= 4 is 28.9 Å². The van der Waals surface area contributed by atoms with Crippen LogP contribution in [0.1, 0.15) is 41.4 Å². The van der Waals surface area contributed by atoms with Crippen LogP contribution in [0.25, 0.3) is 11.1 Å². The van der Waals surface area contributed by atoms with Gasteiger partial charge in [-0.2, -0.15) is 0 Å². The fourth-order valence-electron chi connectivity index (χ4n) is 2.27. The van der Waals surface area contributed by atoms with Crippen molar-refractivity contribution < 1.29 is 19.4 Å². The monoisotopic (exact) mass is 333 g/mol. The maximum Gasteiger partial charge on any atom is 0.350 e. The lowest BCUT2D eigenvalue weighted by Crippen LogP contribution is -2.11. The molecule has 2 aromatic rings. The maximum absolute atomic E-state index is 12.2. The van der Waals surface area contributed by atoms with Gasteiger partial charge in [0, 0.05) is 17.4 Å². The zero-order valence-corrected chi connectivity index (χ0v) is 14.1. The van der Waals surface area contributed by atoms with Gasteiger partial charge in [-0.25, -0.2) is 4.79 Å². The Morgan fingerprint density at radius 3 is 2.48 bits per heavy atom. The van der Waals surface area contributed by atoms with E-state index < -0.39 is 12.1 Å². The van der Waals surface area contributed by atoms with E-state index in [2.05, 4.69) is 5.32 Å². The Bertz CT molecular complexity index is 707. The first-order valence-corrected chi connectivity index (χ1v) is 8.12. The Morgan fingerprint density at radius 1 is 1.30 bits per heavy atom. The van der Waals surface area contributed by atoms with Gasteiger partial charge in [-0.15, -0.1) is 11.3 Å². The van der Waals surface area contributed by atoms with Crippen molar-refractivity contribution in [2.75, 3.05) is 11.9 Å². The van der Waals surface area contributed by atoms with Gasteiger partial charge in [0.25, 0.3) is 0 Å². The van der Waals surface area contributed by atoms with E-state index in [1.807, 2.05) is 30.3 Å². The zero-order valence-electron chi connectivity index (χ0n) is 13.3. The number of anilines is 1. The van der Waals surface area contributed by atoms with Crippen molar-refractivity contribution in [2.24, 2.45) is 0 Å². The number of nitrogens with one attached hydrogen (secondary N) is 1. The number of amides is 1. The fraction of sp³-hybridized carbons (Fsp3) is 0.294. The van der Waals surface area contributed by atoms with Crippen molar-refractivity contribution in [3.05, 3.63) is 40.1 Å². The van der Waals surface area contributed by atoms with Gasteiger partial charge < -0.3 is 15.2 Å². The Kier molecular flexibility index (Phi) is 5.52. The Morgan fingerprint density at radius 2 is 1.96 bits per heavy atom. The summed E-state index contributed by atoms with van der Waals surface area (Å²) in [5.41, 5.74) is 1.87. The van der Waals surface area contributed by atoms with Crippen molar-refractivity contribution in [3.8, 4) is 11.1 Å². The molecule has 0 radical (unpaired) electrons. The first-order valence-electron chi connectivity index (χ1n) is 7.30. The molecule has 23 heavy (non-hydrogen) atoms. The third-order valence-electron chi connectivity index (χ3n) is 3.14. The second kappa shape index (κ2) is 7.39. The third-order valence-corrected chi connectivity index (χ3v) is 4.48. The van der Waals surface area contributed by atoms with Gasteiger partial charge in [0.2, 0.25) is 5.91 Å². The number of thiophene rings is 1. The lowest BCUT2D eigenvalue weighted by atomic mass is 10.0. The second-order valence-electron chi connectivity index (χ2n) is 4.99. The minimum atomic E-state index is -0.772. The number of benzene rings is 1. The van der Waals surface area contributed by atoms with E-state index in [0.29, 0.717) is 16.1 Å². The van der Waals surface area contributed by atoms with Crippen molar-refractivity contribution in [1.82, 2.24) is 0 Å². The number of ether oxygens (including phenoxy) is 1. The molecular formula is C17H19NO4S. The summed E-state index contributed by atoms with van der Waals surface area (Å²) in [7, 11) is 0. The molecule has 0 fully saturated rings. The van der Waals surface area contributed by atoms with Gasteiger partial charge in [0.15, 0.2) is 0 Å². The molecule has 0 saturated carbocycles. The smallest absolute Gasteiger partial charge is 0.350 e. The Labute approximate surface area is 138 Å². The molecule has 1 heterocycles. The molecule has 0 aliphatic rings. The predicted octanol–water partition coefficient (Wildman–Crippen LogP) is 3.60. The fourth-order valence-corrected chi connectivity index (χ4v) is 3.38. The van der Waals surface area contributed by atoms with Crippen LogP contribution in [-0.4, -0.2) is 23.6 Å². The standard InChI is InChI=1S/C17H19NO4S/c1-4-22-17(21)16-14(18-11(3)20)13(15(23-16)10(2)19)12-8-6-5-7-9-12/h5-10,19H,4H2,1-3H3,(H,18,20)/t10-/m1/s1. The molecule has 6 heteroatoms. The molecule has 1 atom stereocenters. The number of carbonyl (C=O) groups is 2. The molecule has 0 spiro atoms. The minimum Gasteiger partial charge on any atom is -0.462 e. The van der Waals surface area contributed by atoms with Crippen LogP contribution in [0.4, 0.5) is 5.69 Å². The van der Waals surface area contributed by atoms with E-state index in [-0.39, 0.29) is 17.4 Å². The largest absolute Gasteiger partial charge is 0.462 e. The van der Waals surface area contributed by atoms with Crippen LogP contribution >= 0.6 is 11.3 Å². The lowest BCUT2D eigenvalue weighted by Gasteiger charge is -2.10. The number of aliphatic hydroxyl groups excluding tert-OH is 1. The summed E-state index contributed by atoms with van der Waals surface area (Å²) in [4.78, 5) is 24.7. The summed E-state index contributed by atoms with van der Waals surface area (Å²) >= 11 is 1.14. The lowest BCUT2D eigenvalue weighted by molar-refractivity contribution is -0.114. The summed E-state index contributed by atoms with van der Waals surface area (Å²) in [6, 6.07) is 9.34. The molecule has 1 amide bonds. The number of rotatable bonds is 5. The molecule has 0 aliphatic carbocycles. The van der Waals surface area contributed by atoms with Gasteiger partial charge >= 0.3 is 5.97 Å². The highest BCUT2D eigenvalue weighted by Gasteiger charge is 2.27. The van der Waals surface area contributed by atoms with E-state index in [1.165, 1.54) is 6.92 Å². The van der Waals surface area contributed by atoms with Gasteiger partial charge in [0.05, 0.1) is 18.4 Å². The highest BCUT2D eigenvalue weighted by Crippen LogP contribution is 2.44. The third kappa shape index (κ3) is 3.78. The summed E-state index contributed by atoms with van der Waals surface area (Å²) < 4.78 is 5.07. The van der Waals surface area contributed by atoms with E-state index in [4.69, 9.17) is 4.74 Å². The number of carbonyl (C=O) groups excluding carboxylic acids is 2. The summed E-state index contributed by atoms with van der Waals surface area (Å²) in [6.07, 6.45) is -0.772. The topological polar surface area (TPSA) is 75.6 Å². The molecule has 0 saturated heterocycles. The van der Waals surface area contributed by atoms with E-state index in [1.54, 1.807) is 13.8 Å². The SMILES string of the molecule is CCOC(=O)c1sc([C@@H](C)O)c(-c2ccccc2)c1NC(C)=O. The van der Waals surface area contributed by atoms with Crippen LogP contribution in [0.5, 0.6) is 0 Å². The van der Waals surface area contributed by atoms with E-state index in [0.717, 1.165) is 16.9 Å². The minimum absolute atomic E-state index is 0.237. The molecule has 2 rings (SSSR count). The number of esters is 1. The average Bonchev–Trinajstić information content (AvgIpc) is 2.87. The summed E-state index contributed by atoms with van der Waals surface area (Å²) in [5.74, 6) is -0.798. The van der Waals surface area contributed by atoms with Crippen LogP contribution in [0.15, 0.2) is 30.3 Å². The van der Waals surface area contributed by atoms with Crippen LogP contribution in [0.2, 0.25) is 0 Å². The first-order chi connectivity index (χ1) is 11.0. The number of hydrogen-bond donors (Lipinski definition) is 2. The highest BCUT2D eigenvalue weighted by atomic mass is 32.1. The van der Waals surface area contributed by atoms with Crippen molar-refractivity contribution in [1.29, 1.82) is 0 Å². The molecule has 1 aromatic carbocycles. The molecule has 0 aliphatic heterocycles. The molecule has 0 bridgehead atoms. The van der Waals surface area contributed by atoms with Gasteiger partial charge in [-0.05, 0) is 19.4 Å². The molecule has 2 N–H and O–H groups in total. The molecule has 122 valence electrons. The summed E-state index contributed by atoms with van der Waals surface area (Å²) in [6.45, 7) is 4.96. The Balaban J connectivity index is 2.70. The van der Waals surface area contributed by atoms with E-state index >= 15 is 0 Å². The van der Waals surface area contributed by atoms with Gasteiger partial charge in [0.1, 0.15) is 4.88 Å². The maximum atomic E-state index is 12.2. The normalized spacial score (nSPS) is 11.8. The van der Waals surface area contributed by atoms with Crippen LogP contribution < -0.4 is 5.32 Å². The number of hydrogen-bond acceptors (Lipinski definition) is 5. The van der Waals surface area contributed by atoms with Crippen LogP contribution in [-0.2, 0) is 9.53 Å². The van der Waals surface area contributed by atoms with Crippen molar-refractivity contribution in [2.45, 2.75) is 26.9 Å². The van der Waals surface area contributed by atoms with Crippen LogP contribution in [0.3, 0.4) is 0 Å². The predicted molar refractivity (Wildman–Crippen MR) is 90.6 cm³/mol. The summed E-state index contributed by atoms with van der Waals surface area (Å²) in [5, 5.41) is 12.8. The zero-order chi connectivity index (χ0) is 17.0. The average molecular weight is 333 g/mol. The molecule has 5 nitrogen and oxygen atoms in total. The molecule has 0 unspecified atom stereocenters. The molecular weight excluding hydrogens is 314 g/mol. The van der Waals surface area contributed by atoms with E-state index in [9.17, 15) is 14.7 Å². The Hall–Kier alpha value is -2.18. The second-order valence-corrected chi connectivity index (χ2v) is 6.04. The quantitative estimate of drug-likeness (QED) is 0.820. The van der Waals surface area contributed by atoms with Gasteiger partial charge in [-0.1, -0.05) is 30.3 Å². The number of aliphatic hydroxyl groups is 1. The van der Waals surface area contributed by atoms with Crippen molar-refractivity contribution in [3.63, 3.8) is 0 Å². The first kappa shape index (κ1) is 17.2. The van der Waals surface area contributed by atoms with Gasteiger partial charge in [-0.3, -0.25) is 4.79 Å².